The van der Waals surface area contributed by atoms with Crippen molar-refractivity contribution < 1.29 is 4.74 Å². The van der Waals surface area contributed by atoms with Gasteiger partial charge in [0.2, 0.25) is 0 Å². The lowest BCUT2D eigenvalue weighted by Gasteiger charge is -2.34. The third kappa shape index (κ3) is 3.15. The summed E-state index contributed by atoms with van der Waals surface area (Å²) < 4.78 is 5.75. The topological polar surface area (TPSA) is 64.3 Å². The first-order chi connectivity index (χ1) is 9.13. The van der Waals surface area contributed by atoms with E-state index < -0.39 is 0 Å². The highest BCUT2D eigenvalue weighted by Gasteiger charge is 2.24. The number of rotatable bonds is 4. The third-order valence-corrected chi connectivity index (χ3v) is 3.55. The molecule has 1 unspecified atom stereocenters. The van der Waals surface area contributed by atoms with Gasteiger partial charge in [-0.1, -0.05) is 13.8 Å². The lowest BCUT2D eigenvalue weighted by atomic mass is 10.0. The van der Waals surface area contributed by atoms with E-state index in [1.165, 1.54) is 0 Å². The van der Waals surface area contributed by atoms with Crippen LogP contribution in [-0.2, 0) is 4.74 Å². The first kappa shape index (κ1) is 14.1. The summed E-state index contributed by atoms with van der Waals surface area (Å²) in [6.45, 7) is 8.97. The third-order valence-electron chi connectivity index (χ3n) is 3.55. The number of nitrogens with two attached hydrogens (primary N) is 1. The number of hydrogen-bond donors (Lipinski definition) is 1. The van der Waals surface area contributed by atoms with Crippen molar-refractivity contribution in [2.45, 2.75) is 45.6 Å². The van der Waals surface area contributed by atoms with Gasteiger partial charge in [-0.15, -0.1) is 0 Å². The molecule has 1 aliphatic heterocycles. The number of hydrogen-bond acceptors (Lipinski definition) is 5. The fourth-order valence-electron chi connectivity index (χ4n) is 2.71. The molecule has 0 spiro atoms. The van der Waals surface area contributed by atoms with Crippen LogP contribution in [0.4, 0.5) is 11.6 Å². The highest BCUT2D eigenvalue weighted by Crippen LogP contribution is 2.31. The summed E-state index contributed by atoms with van der Waals surface area (Å²) in [5.41, 5.74) is 7.07. The molecule has 106 valence electrons. The van der Waals surface area contributed by atoms with E-state index >= 15 is 0 Å². The van der Waals surface area contributed by atoms with Gasteiger partial charge in [0.25, 0.3) is 0 Å². The zero-order valence-electron chi connectivity index (χ0n) is 12.1. The van der Waals surface area contributed by atoms with Crippen LogP contribution in [0.25, 0.3) is 0 Å². The van der Waals surface area contributed by atoms with Gasteiger partial charge in [0.1, 0.15) is 18.0 Å². The molecule has 1 saturated heterocycles. The molecule has 2 N–H and O–H groups in total. The predicted octanol–water partition coefficient (Wildman–Crippen LogP) is 2.19. The Labute approximate surface area is 115 Å². The number of aromatic nitrogens is 2. The zero-order valence-corrected chi connectivity index (χ0v) is 12.1. The van der Waals surface area contributed by atoms with Crippen molar-refractivity contribution in [3.8, 4) is 0 Å². The van der Waals surface area contributed by atoms with Crippen molar-refractivity contribution in [1.82, 2.24) is 9.97 Å². The summed E-state index contributed by atoms with van der Waals surface area (Å²) in [5, 5.41) is 0. The van der Waals surface area contributed by atoms with E-state index in [4.69, 9.17) is 10.5 Å². The summed E-state index contributed by atoms with van der Waals surface area (Å²) in [7, 11) is 0. The van der Waals surface area contributed by atoms with Gasteiger partial charge >= 0.3 is 0 Å². The Hall–Kier alpha value is -1.36. The van der Waals surface area contributed by atoms with Gasteiger partial charge in [-0.3, -0.25) is 0 Å². The Balaban J connectivity index is 2.23. The number of piperidine rings is 1. The van der Waals surface area contributed by atoms with E-state index in [0.717, 1.165) is 43.9 Å². The SMILES string of the molecule is CCOC1CCCN(c2ncnc(N)c2C(C)C)C1. The summed E-state index contributed by atoms with van der Waals surface area (Å²) in [4.78, 5) is 10.9. The molecule has 0 bridgehead atoms. The second-order valence-corrected chi connectivity index (χ2v) is 5.32. The van der Waals surface area contributed by atoms with Crippen LogP contribution in [-0.4, -0.2) is 35.8 Å². The largest absolute Gasteiger partial charge is 0.383 e. The fraction of sp³-hybridized carbons (Fsp3) is 0.714. The summed E-state index contributed by atoms with van der Waals surface area (Å²) >= 11 is 0. The molecular weight excluding hydrogens is 240 g/mol. The second kappa shape index (κ2) is 6.19. The molecule has 1 aromatic rings. The molecular formula is C14H24N4O. The van der Waals surface area contributed by atoms with Crippen LogP contribution in [0.3, 0.4) is 0 Å². The summed E-state index contributed by atoms with van der Waals surface area (Å²) in [6.07, 6.45) is 4.12. The molecule has 0 saturated carbocycles. The van der Waals surface area contributed by atoms with Gasteiger partial charge in [0.15, 0.2) is 0 Å². The maximum absolute atomic E-state index is 6.01. The molecule has 0 radical (unpaired) electrons. The van der Waals surface area contributed by atoms with E-state index in [1.807, 2.05) is 6.92 Å². The molecule has 5 heteroatoms. The van der Waals surface area contributed by atoms with E-state index in [9.17, 15) is 0 Å². The Bertz CT molecular complexity index is 420. The molecule has 0 amide bonds. The lowest BCUT2D eigenvalue weighted by molar-refractivity contribution is 0.0524. The zero-order chi connectivity index (χ0) is 13.8. The Morgan fingerprint density at radius 2 is 2.26 bits per heavy atom. The smallest absolute Gasteiger partial charge is 0.137 e. The Morgan fingerprint density at radius 3 is 2.95 bits per heavy atom. The normalized spacial score (nSPS) is 20.0. The van der Waals surface area contributed by atoms with E-state index in [2.05, 4.69) is 28.7 Å². The molecule has 1 fully saturated rings. The average Bonchev–Trinajstić information content (AvgIpc) is 2.38. The van der Waals surface area contributed by atoms with Gasteiger partial charge in [0, 0.05) is 25.3 Å². The van der Waals surface area contributed by atoms with Crippen LogP contribution < -0.4 is 10.6 Å². The van der Waals surface area contributed by atoms with Crippen molar-refractivity contribution in [3.63, 3.8) is 0 Å². The highest BCUT2D eigenvalue weighted by atomic mass is 16.5. The first-order valence-electron chi connectivity index (χ1n) is 7.10. The molecule has 1 aromatic heterocycles. The van der Waals surface area contributed by atoms with Crippen LogP contribution in [0, 0.1) is 0 Å². The number of anilines is 2. The quantitative estimate of drug-likeness (QED) is 0.903. The lowest BCUT2D eigenvalue weighted by Crippen LogP contribution is -2.40. The minimum Gasteiger partial charge on any atom is -0.383 e. The van der Waals surface area contributed by atoms with E-state index in [0.29, 0.717) is 17.8 Å². The second-order valence-electron chi connectivity index (χ2n) is 5.32. The first-order valence-corrected chi connectivity index (χ1v) is 7.10. The van der Waals surface area contributed by atoms with Gasteiger partial charge in [-0.05, 0) is 25.7 Å². The molecule has 0 aromatic carbocycles. The van der Waals surface area contributed by atoms with Crippen LogP contribution in [0.5, 0.6) is 0 Å². The van der Waals surface area contributed by atoms with E-state index in [-0.39, 0.29) is 0 Å². The van der Waals surface area contributed by atoms with Crippen molar-refractivity contribution in [3.05, 3.63) is 11.9 Å². The highest BCUT2D eigenvalue weighted by molar-refractivity contribution is 5.58. The average molecular weight is 264 g/mol. The molecule has 2 heterocycles. The minimum absolute atomic E-state index is 0.301. The standard InChI is InChI=1S/C14H24N4O/c1-4-19-11-6-5-7-18(8-11)14-12(10(2)3)13(15)16-9-17-14/h9-11H,4-8H2,1-3H3,(H2,15,16,17). The number of ether oxygens (including phenoxy) is 1. The van der Waals surface area contributed by atoms with Crippen molar-refractivity contribution in [2.24, 2.45) is 0 Å². The molecule has 5 nitrogen and oxygen atoms in total. The maximum Gasteiger partial charge on any atom is 0.137 e. The van der Waals surface area contributed by atoms with Crippen molar-refractivity contribution >= 4 is 11.6 Å². The van der Waals surface area contributed by atoms with Gasteiger partial charge < -0.3 is 15.4 Å². The molecule has 2 rings (SSSR count). The maximum atomic E-state index is 6.01. The molecule has 0 aliphatic carbocycles. The fourth-order valence-corrected chi connectivity index (χ4v) is 2.71. The van der Waals surface area contributed by atoms with Crippen molar-refractivity contribution in [2.75, 3.05) is 30.3 Å². The summed E-state index contributed by atoms with van der Waals surface area (Å²) in [5.74, 6) is 1.90. The Morgan fingerprint density at radius 1 is 1.47 bits per heavy atom. The van der Waals surface area contributed by atoms with Gasteiger partial charge in [0.05, 0.1) is 6.10 Å². The number of nitrogen functional groups attached to an aromatic ring is 1. The monoisotopic (exact) mass is 264 g/mol. The van der Waals surface area contributed by atoms with Gasteiger partial charge in [-0.2, -0.15) is 0 Å². The van der Waals surface area contributed by atoms with Crippen LogP contribution in [0.1, 0.15) is 45.1 Å². The Kier molecular flexibility index (Phi) is 4.58. The predicted molar refractivity (Wildman–Crippen MR) is 77.4 cm³/mol. The van der Waals surface area contributed by atoms with Crippen LogP contribution >= 0.6 is 0 Å². The molecule has 19 heavy (non-hydrogen) atoms. The minimum atomic E-state index is 0.301. The summed E-state index contributed by atoms with van der Waals surface area (Å²) in [6, 6.07) is 0. The van der Waals surface area contributed by atoms with Crippen LogP contribution in [0.2, 0.25) is 0 Å². The molecule has 1 atom stereocenters. The van der Waals surface area contributed by atoms with Crippen LogP contribution in [0.15, 0.2) is 6.33 Å². The molecule has 1 aliphatic rings. The van der Waals surface area contributed by atoms with Gasteiger partial charge in [-0.25, -0.2) is 9.97 Å². The van der Waals surface area contributed by atoms with E-state index in [1.54, 1.807) is 6.33 Å². The number of nitrogens with zero attached hydrogens (tertiary/aromatic N) is 3. The van der Waals surface area contributed by atoms with Crippen molar-refractivity contribution in [1.29, 1.82) is 0 Å².